The van der Waals surface area contributed by atoms with Gasteiger partial charge >= 0.3 is 0 Å². The summed E-state index contributed by atoms with van der Waals surface area (Å²) in [4.78, 5) is 0. The molecule has 2 unspecified atom stereocenters. The van der Waals surface area contributed by atoms with Crippen LogP contribution in [0.5, 0.6) is 0 Å². The minimum atomic E-state index is 0.444. The Labute approximate surface area is 117 Å². The van der Waals surface area contributed by atoms with Gasteiger partial charge in [-0.1, -0.05) is 57.8 Å². The average molecular weight is 268 g/mol. The lowest BCUT2D eigenvalue weighted by Crippen LogP contribution is -2.36. The smallest absolute Gasteiger partial charge is 0.0406 e. The molecule has 2 heteroatoms. The second-order valence-electron chi connectivity index (χ2n) is 5.32. The van der Waals surface area contributed by atoms with Crippen LogP contribution in [0.25, 0.3) is 0 Å². The zero-order valence-electron chi connectivity index (χ0n) is 12.0. The van der Waals surface area contributed by atoms with E-state index in [1.807, 2.05) is 12.1 Å². The fraction of sp³-hybridized carbons (Fsp3) is 0.625. The summed E-state index contributed by atoms with van der Waals surface area (Å²) in [5.74, 6) is 0.668. The predicted molar refractivity (Wildman–Crippen MR) is 81.2 cm³/mol. The maximum absolute atomic E-state index is 5.96. The van der Waals surface area contributed by atoms with Gasteiger partial charge in [0.2, 0.25) is 0 Å². The van der Waals surface area contributed by atoms with Crippen molar-refractivity contribution in [1.82, 2.24) is 5.32 Å². The topological polar surface area (TPSA) is 12.0 Å². The second kappa shape index (κ2) is 7.81. The van der Waals surface area contributed by atoms with Gasteiger partial charge in [-0.2, -0.15) is 0 Å². The lowest BCUT2D eigenvalue weighted by Gasteiger charge is -2.28. The van der Waals surface area contributed by atoms with E-state index in [0.717, 1.165) is 5.02 Å². The minimum Gasteiger partial charge on any atom is -0.307 e. The zero-order chi connectivity index (χ0) is 13.5. The van der Waals surface area contributed by atoms with Crippen LogP contribution in [-0.4, -0.2) is 6.04 Å². The number of halogens is 1. The van der Waals surface area contributed by atoms with Crippen molar-refractivity contribution in [2.24, 2.45) is 5.92 Å². The van der Waals surface area contributed by atoms with E-state index in [1.165, 1.54) is 24.8 Å². The molecule has 1 nitrogen and oxygen atoms in total. The van der Waals surface area contributed by atoms with Crippen LogP contribution in [0.1, 0.15) is 58.6 Å². The number of benzene rings is 1. The summed E-state index contributed by atoms with van der Waals surface area (Å²) >= 11 is 5.96. The summed E-state index contributed by atoms with van der Waals surface area (Å²) in [6.45, 7) is 9.06. The van der Waals surface area contributed by atoms with Crippen LogP contribution < -0.4 is 5.32 Å². The molecule has 1 aromatic rings. The molecule has 1 aromatic carbocycles. The van der Waals surface area contributed by atoms with Gasteiger partial charge in [-0.05, 0) is 36.5 Å². The first kappa shape index (κ1) is 15.5. The van der Waals surface area contributed by atoms with Crippen LogP contribution in [0.4, 0.5) is 0 Å². The van der Waals surface area contributed by atoms with Gasteiger partial charge in [0.05, 0.1) is 0 Å². The molecule has 0 amide bonds. The molecule has 0 spiro atoms. The Morgan fingerprint density at radius 2 is 1.72 bits per heavy atom. The largest absolute Gasteiger partial charge is 0.307 e. The fourth-order valence-corrected chi connectivity index (χ4v) is 2.50. The molecule has 1 N–H and O–H groups in total. The highest BCUT2D eigenvalue weighted by atomic mass is 35.5. The van der Waals surface area contributed by atoms with Crippen molar-refractivity contribution >= 4 is 11.6 Å². The van der Waals surface area contributed by atoms with Gasteiger partial charge in [-0.25, -0.2) is 0 Å². The van der Waals surface area contributed by atoms with Crippen LogP contribution in [0, 0.1) is 5.92 Å². The molecular weight excluding hydrogens is 242 g/mol. The highest BCUT2D eigenvalue weighted by Gasteiger charge is 2.17. The third-order valence-electron chi connectivity index (χ3n) is 3.51. The van der Waals surface area contributed by atoms with Crippen LogP contribution in [-0.2, 0) is 0 Å². The van der Waals surface area contributed by atoms with E-state index in [2.05, 4.69) is 45.1 Å². The molecule has 0 aliphatic heterocycles. The summed E-state index contributed by atoms with van der Waals surface area (Å²) in [6, 6.07) is 9.28. The van der Waals surface area contributed by atoms with Gasteiger partial charge < -0.3 is 5.32 Å². The third-order valence-corrected chi connectivity index (χ3v) is 3.76. The van der Waals surface area contributed by atoms with Gasteiger partial charge in [0.15, 0.2) is 0 Å². The Morgan fingerprint density at radius 1 is 1.11 bits per heavy atom. The van der Waals surface area contributed by atoms with E-state index in [-0.39, 0.29) is 0 Å². The monoisotopic (exact) mass is 267 g/mol. The van der Waals surface area contributed by atoms with Gasteiger partial charge in [0.25, 0.3) is 0 Å². The van der Waals surface area contributed by atoms with E-state index in [1.54, 1.807) is 0 Å². The number of hydrogen-bond donors (Lipinski definition) is 1. The molecule has 2 atom stereocenters. The number of nitrogens with one attached hydrogen (secondary N) is 1. The Bertz CT molecular complexity index is 331. The zero-order valence-corrected chi connectivity index (χ0v) is 12.8. The summed E-state index contributed by atoms with van der Waals surface area (Å²) in [7, 11) is 0. The molecule has 0 fully saturated rings. The van der Waals surface area contributed by atoms with E-state index < -0.39 is 0 Å². The lowest BCUT2D eigenvalue weighted by atomic mass is 9.96. The molecule has 0 bridgehead atoms. The average Bonchev–Trinajstić information content (AvgIpc) is 2.35. The Kier molecular flexibility index (Phi) is 6.73. The van der Waals surface area contributed by atoms with Crippen LogP contribution in [0.3, 0.4) is 0 Å². The molecule has 0 heterocycles. The van der Waals surface area contributed by atoms with Crippen molar-refractivity contribution in [3.63, 3.8) is 0 Å². The molecule has 18 heavy (non-hydrogen) atoms. The maximum Gasteiger partial charge on any atom is 0.0406 e. The molecule has 0 aliphatic carbocycles. The van der Waals surface area contributed by atoms with E-state index >= 15 is 0 Å². The third kappa shape index (κ3) is 4.62. The molecular formula is C16H26ClN. The fourth-order valence-electron chi connectivity index (χ4n) is 2.37. The molecule has 0 aliphatic rings. The van der Waals surface area contributed by atoms with Crippen molar-refractivity contribution in [3.05, 3.63) is 34.9 Å². The molecule has 0 saturated carbocycles. The van der Waals surface area contributed by atoms with Gasteiger partial charge in [0.1, 0.15) is 0 Å². The predicted octanol–water partition coefficient (Wildman–Crippen LogP) is 5.21. The SMILES string of the molecule is CCCC(NC(CC)C(C)C)c1ccc(Cl)cc1. The molecule has 0 aromatic heterocycles. The van der Waals surface area contributed by atoms with Crippen LogP contribution in [0.15, 0.2) is 24.3 Å². The van der Waals surface area contributed by atoms with E-state index in [9.17, 15) is 0 Å². The Morgan fingerprint density at radius 3 is 2.17 bits per heavy atom. The molecule has 0 saturated heterocycles. The first-order valence-corrected chi connectivity index (χ1v) is 7.47. The normalized spacial score (nSPS) is 14.8. The van der Waals surface area contributed by atoms with Crippen LogP contribution in [0.2, 0.25) is 5.02 Å². The van der Waals surface area contributed by atoms with Gasteiger partial charge in [-0.3, -0.25) is 0 Å². The van der Waals surface area contributed by atoms with Crippen molar-refractivity contribution in [1.29, 1.82) is 0 Å². The first-order chi connectivity index (χ1) is 8.58. The van der Waals surface area contributed by atoms with E-state index in [0.29, 0.717) is 18.0 Å². The molecule has 1 rings (SSSR count). The van der Waals surface area contributed by atoms with E-state index in [4.69, 9.17) is 11.6 Å². The highest BCUT2D eigenvalue weighted by molar-refractivity contribution is 6.30. The highest BCUT2D eigenvalue weighted by Crippen LogP contribution is 2.23. The summed E-state index contributed by atoms with van der Waals surface area (Å²) in [5, 5.41) is 4.61. The van der Waals surface area contributed by atoms with Crippen LogP contribution >= 0.6 is 11.6 Å². The minimum absolute atomic E-state index is 0.444. The second-order valence-corrected chi connectivity index (χ2v) is 5.75. The first-order valence-electron chi connectivity index (χ1n) is 7.10. The Hall–Kier alpha value is -0.530. The summed E-state index contributed by atoms with van der Waals surface area (Å²) in [6.07, 6.45) is 3.53. The van der Waals surface area contributed by atoms with Gasteiger partial charge in [0, 0.05) is 17.1 Å². The number of rotatable bonds is 7. The van der Waals surface area contributed by atoms with Crippen molar-refractivity contribution < 1.29 is 0 Å². The van der Waals surface area contributed by atoms with Crippen molar-refractivity contribution in [3.8, 4) is 0 Å². The van der Waals surface area contributed by atoms with Gasteiger partial charge in [-0.15, -0.1) is 0 Å². The maximum atomic E-state index is 5.96. The quantitative estimate of drug-likeness (QED) is 0.715. The van der Waals surface area contributed by atoms with Crippen molar-refractivity contribution in [2.75, 3.05) is 0 Å². The molecule has 0 radical (unpaired) electrons. The Balaban J connectivity index is 2.78. The standard InChI is InChI=1S/C16H26ClN/c1-5-7-16(18-15(6-2)12(3)4)13-8-10-14(17)11-9-13/h8-12,15-16,18H,5-7H2,1-4H3. The lowest BCUT2D eigenvalue weighted by molar-refractivity contribution is 0.334. The molecule has 102 valence electrons. The summed E-state index contributed by atoms with van der Waals surface area (Å²) in [5.41, 5.74) is 1.35. The van der Waals surface area contributed by atoms with Crippen molar-refractivity contribution in [2.45, 2.75) is 59.0 Å². The summed E-state index contributed by atoms with van der Waals surface area (Å²) < 4.78 is 0. The number of hydrogen-bond acceptors (Lipinski definition) is 1.